The number of likely N-dealkylation sites (N-methyl/N-ethyl adjacent to an activating group) is 1. The molecule has 0 aliphatic carbocycles. The molecule has 8 heteroatoms. The quantitative estimate of drug-likeness (QED) is 0.485. The molecule has 1 saturated heterocycles. The van der Waals surface area contributed by atoms with Crippen molar-refractivity contribution < 1.29 is 4.79 Å². The van der Waals surface area contributed by atoms with Crippen LogP contribution in [0.5, 0.6) is 0 Å². The molecule has 2 aromatic heterocycles. The van der Waals surface area contributed by atoms with E-state index in [4.69, 9.17) is 0 Å². The monoisotopic (exact) mass is 409 g/mol. The van der Waals surface area contributed by atoms with E-state index in [-0.39, 0.29) is 17.2 Å². The lowest BCUT2D eigenvalue weighted by molar-refractivity contribution is -0.129. The number of aromatic nitrogens is 3. The predicted octanol–water partition coefficient (Wildman–Crippen LogP) is 1.96. The molecule has 0 radical (unpaired) electrons. The van der Waals surface area contributed by atoms with Crippen molar-refractivity contribution in [3.63, 3.8) is 0 Å². The second-order valence-corrected chi connectivity index (χ2v) is 8.16. The van der Waals surface area contributed by atoms with E-state index in [0.29, 0.717) is 21.9 Å². The Balaban J connectivity index is 1.67. The summed E-state index contributed by atoms with van der Waals surface area (Å²) < 4.78 is 1.50. The maximum atomic E-state index is 13.2. The van der Waals surface area contributed by atoms with Gasteiger partial charge in [0.15, 0.2) is 5.16 Å². The summed E-state index contributed by atoms with van der Waals surface area (Å²) in [4.78, 5) is 39.0. The lowest BCUT2D eigenvalue weighted by Gasteiger charge is -2.32. The lowest BCUT2D eigenvalue weighted by atomic mass is 10.2. The van der Waals surface area contributed by atoms with E-state index < -0.39 is 0 Å². The summed E-state index contributed by atoms with van der Waals surface area (Å²) in [6.07, 6.45) is 1.72. The third kappa shape index (κ3) is 4.18. The van der Waals surface area contributed by atoms with E-state index in [2.05, 4.69) is 21.9 Å². The molecule has 1 fully saturated rings. The van der Waals surface area contributed by atoms with E-state index in [1.807, 2.05) is 36.1 Å². The summed E-state index contributed by atoms with van der Waals surface area (Å²) in [7, 11) is 2.06. The number of nitrogens with zero attached hydrogens (tertiary/aromatic N) is 5. The van der Waals surface area contributed by atoms with Crippen LogP contribution in [0.3, 0.4) is 0 Å². The minimum absolute atomic E-state index is 0.0638. The second-order valence-electron chi connectivity index (χ2n) is 7.22. The average Bonchev–Trinajstić information content (AvgIpc) is 2.73. The standard InChI is InChI=1S/C21H23N5O2S/c1-15-7-8-18(22-13-15)26-20(28)16-5-3-4-6-17(16)23-21(26)29-14-19(27)25-11-9-24(2)10-12-25/h3-8,13H,9-12,14H2,1-2H3. The highest BCUT2D eigenvalue weighted by Crippen LogP contribution is 2.21. The van der Waals surface area contributed by atoms with Gasteiger partial charge in [-0.05, 0) is 37.7 Å². The Hall–Kier alpha value is -2.71. The van der Waals surface area contributed by atoms with Gasteiger partial charge in [0, 0.05) is 32.4 Å². The fourth-order valence-corrected chi connectivity index (χ4v) is 4.18. The number of carbonyl (C=O) groups is 1. The predicted molar refractivity (Wildman–Crippen MR) is 115 cm³/mol. The Kier molecular flexibility index (Phi) is 5.64. The number of rotatable bonds is 4. The van der Waals surface area contributed by atoms with E-state index in [1.54, 1.807) is 18.3 Å². The fraction of sp³-hybridized carbons (Fsp3) is 0.333. The highest BCUT2D eigenvalue weighted by molar-refractivity contribution is 7.99. The third-order valence-electron chi connectivity index (χ3n) is 5.05. The molecule has 29 heavy (non-hydrogen) atoms. The number of benzene rings is 1. The number of thioether (sulfide) groups is 1. The molecule has 0 bridgehead atoms. The molecular formula is C21H23N5O2S. The molecule has 0 saturated carbocycles. The summed E-state index contributed by atoms with van der Waals surface area (Å²) in [6.45, 7) is 5.16. The maximum absolute atomic E-state index is 13.2. The van der Waals surface area contributed by atoms with Crippen LogP contribution in [-0.4, -0.2) is 69.2 Å². The molecule has 0 spiro atoms. The first-order chi connectivity index (χ1) is 14.0. The molecule has 0 atom stereocenters. The first kappa shape index (κ1) is 19.6. The van der Waals surface area contributed by atoms with Crippen molar-refractivity contribution >= 4 is 28.6 Å². The van der Waals surface area contributed by atoms with Crippen LogP contribution in [0.25, 0.3) is 16.7 Å². The normalized spacial score (nSPS) is 15.0. The smallest absolute Gasteiger partial charge is 0.267 e. The van der Waals surface area contributed by atoms with Crippen LogP contribution >= 0.6 is 11.8 Å². The van der Waals surface area contributed by atoms with Gasteiger partial charge in [-0.1, -0.05) is 30.0 Å². The average molecular weight is 410 g/mol. The Morgan fingerprint density at radius 2 is 1.86 bits per heavy atom. The van der Waals surface area contributed by atoms with Gasteiger partial charge in [0.2, 0.25) is 5.91 Å². The van der Waals surface area contributed by atoms with Gasteiger partial charge in [-0.15, -0.1) is 0 Å². The van der Waals surface area contributed by atoms with E-state index in [1.165, 1.54) is 16.3 Å². The van der Waals surface area contributed by atoms with E-state index in [0.717, 1.165) is 31.7 Å². The number of para-hydroxylation sites is 1. The van der Waals surface area contributed by atoms with Crippen LogP contribution in [0.4, 0.5) is 0 Å². The lowest BCUT2D eigenvalue weighted by Crippen LogP contribution is -2.47. The van der Waals surface area contributed by atoms with Gasteiger partial charge in [0.05, 0.1) is 16.7 Å². The van der Waals surface area contributed by atoms with Crippen molar-refractivity contribution in [2.24, 2.45) is 0 Å². The van der Waals surface area contributed by atoms with Crippen LogP contribution in [0.2, 0.25) is 0 Å². The van der Waals surface area contributed by atoms with Crippen molar-refractivity contribution in [1.82, 2.24) is 24.3 Å². The zero-order chi connectivity index (χ0) is 20.4. The third-order valence-corrected chi connectivity index (χ3v) is 5.97. The Labute approximate surface area is 173 Å². The topological polar surface area (TPSA) is 71.3 Å². The van der Waals surface area contributed by atoms with Crippen molar-refractivity contribution in [2.75, 3.05) is 39.0 Å². The number of amides is 1. The minimum Gasteiger partial charge on any atom is -0.339 e. The number of fused-ring (bicyclic) bond motifs is 1. The zero-order valence-electron chi connectivity index (χ0n) is 16.5. The van der Waals surface area contributed by atoms with E-state index in [9.17, 15) is 9.59 Å². The first-order valence-electron chi connectivity index (χ1n) is 9.57. The van der Waals surface area contributed by atoms with Gasteiger partial charge in [-0.2, -0.15) is 0 Å². The van der Waals surface area contributed by atoms with Gasteiger partial charge in [0.25, 0.3) is 5.56 Å². The summed E-state index contributed by atoms with van der Waals surface area (Å²) in [6, 6.07) is 11.0. The molecule has 1 aliphatic rings. The molecule has 0 N–H and O–H groups in total. The zero-order valence-corrected chi connectivity index (χ0v) is 17.4. The van der Waals surface area contributed by atoms with Gasteiger partial charge in [0.1, 0.15) is 5.82 Å². The number of pyridine rings is 1. The molecule has 4 rings (SSSR count). The SMILES string of the molecule is Cc1ccc(-n2c(SCC(=O)N3CCN(C)CC3)nc3ccccc3c2=O)nc1. The molecule has 0 unspecified atom stereocenters. The number of hydrogen-bond acceptors (Lipinski definition) is 6. The number of piperazine rings is 1. The van der Waals surface area contributed by atoms with Crippen LogP contribution in [-0.2, 0) is 4.79 Å². The van der Waals surface area contributed by atoms with Crippen LogP contribution < -0.4 is 5.56 Å². The molecule has 1 aromatic carbocycles. The van der Waals surface area contributed by atoms with Crippen molar-refractivity contribution in [3.8, 4) is 5.82 Å². The summed E-state index contributed by atoms with van der Waals surface area (Å²) in [5.74, 6) is 0.808. The Morgan fingerprint density at radius 3 is 2.59 bits per heavy atom. The van der Waals surface area contributed by atoms with Crippen molar-refractivity contribution in [3.05, 3.63) is 58.5 Å². The molecule has 150 valence electrons. The van der Waals surface area contributed by atoms with Crippen LogP contribution in [0, 0.1) is 6.92 Å². The van der Waals surface area contributed by atoms with E-state index >= 15 is 0 Å². The highest BCUT2D eigenvalue weighted by Gasteiger charge is 2.21. The molecule has 3 aromatic rings. The molecule has 7 nitrogen and oxygen atoms in total. The largest absolute Gasteiger partial charge is 0.339 e. The summed E-state index contributed by atoms with van der Waals surface area (Å²) in [5.41, 5.74) is 1.45. The number of hydrogen-bond donors (Lipinski definition) is 0. The van der Waals surface area contributed by atoms with Crippen LogP contribution in [0.15, 0.2) is 52.5 Å². The van der Waals surface area contributed by atoms with Crippen molar-refractivity contribution in [2.45, 2.75) is 12.1 Å². The van der Waals surface area contributed by atoms with Gasteiger partial charge >= 0.3 is 0 Å². The molecule has 1 amide bonds. The summed E-state index contributed by atoms with van der Waals surface area (Å²) >= 11 is 1.28. The number of aryl methyl sites for hydroxylation is 1. The molecule has 1 aliphatic heterocycles. The Bertz CT molecular complexity index is 1090. The van der Waals surface area contributed by atoms with Crippen LogP contribution in [0.1, 0.15) is 5.56 Å². The van der Waals surface area contributed by atoms with Gasteiger partial charge in [-0.3, -0.25) is 9.59 Å². The first-order valence-corrected chi connectivity index (χ1v) is 10.6. The molecule has 3 heterocycles. The molecular weight excluding hydrogens is 386 g/mol. The highest BCUT2D eigenvalue weighted by atomic mass is 32.2. The second kappa shape index (κ2) is 8.34. The van der Waals surface area contributed by atoms with Gasteiger partial charge < -0.3 is 9.80 Å². The fourth-order valence-electron chi connectivity index (χ4n) is 3.28. The van der Waals surface area contributed by atoms with Crippen molar-refractivity contribution in [1.29, 1.82) is 0 Å². The minimum atomic E-state index is -0.179. The summed E-state index contributed by atoms with van der Waals surface area (Å²) in [5, 5.41) is 1.01. The Morgan fingerprint density at radius 1 is 1.10 bits per heavy atom. The van der Waals surface area contributed by atoms with Gasteiger partial charge in [-0.25, -0.2) is 14.5 Å². The maximum Gasteiger partial charge on any atom is 0.267 e. The number of carbonyl (C=O) groups excluding carboxylic acids is 1.